The largest absolute Gasteiger partial charge is 0.341 e. The summed E-state index contributed by atoms with van der Waals surface area (Å²) < 4.78 is 2.04. The van der Waals surface area contributed by atoms with Gasteiger partial charge in [0.15, 0.2) is 5.16 Å². The van der Waals surface area contributed by atoms with Gasteiger partial charge in [-0.15, -0.1) is 22.0 Å². The fraction of sp³-hybridized carbons (Fsp3) is 0.304. The van der Waals surface area contributed by atoms with E-state index in [-0.39, 0.29) is 11.7 Å². The van der Waals surface area contributed by atoms with E-state index in [1.807, 2.05) is 59.2 Å². The quantitative estimate of drug-likeness (QED) is 0.487. The summed E-state index contributed by atoms with van der Waals surface area (Å²) in [6.07, 6.45) is 3.54. The van der Waals surface area contributed by atoms with Gasteiger partial charge in [0.2, 0.25) is 11.9 Å². The number of nitriles is 1. The van der Waals surface area contributed by atoms with Crippen LogP contribution in [-0.2, 0) is 4.79 Å². The number of anilines is 2. The first-order chi connectivity index (χ1) is 15.8. The van der Waals surface area contributed by atoms with Gasteiger partial charge in [-0.25, -0.2) is 0 Å². The van der Waals surface area contributed by atoms with Crippen molar-refractivity contribution in [2.24, 2.45) is 0 Å². The first-order valence-corrected chi connectivity index (χ1v) is 12.5. The molecule has 1 aliphatic rings. The van der Waals surface area contributed by atoms with Crippen molar-refractivity contribution in [3.63, 3.8) is 0 Å². The second-order valence-corrected chi connectivity index (χ2v) is 9.24. The molecular formula is C23H24N6OS2. The highest BCUT2D eigenvalue weighted by Gasteiger charge is 2.22. The molecule has 2 aromatic carbocycles. The Labute approximate surface area is 196 Å². The van der Waals surface area contributed by atoms with Crippen molar-refractivity contribution in [1.82, 2.24) is 14.8 Å². The van der Waals surface area contributed by atoms with Crippen LogP contribution < -0.4 is 10.2 Å². The Hall–Kier alpha value is -2.96. The molecule has 0 aliphatic carbocycles. The van der Waals surface area contributed by atoms with Gasteiger partial charge in [0, 0.05) is 18.0 Å². The third-order valence-corrected chi connectivity index (χ3v) is 6.92. The molecule has 1 fully saturated rings. The van der Waals surface area contributed by atoms with Gasteiger partial charge in [-0.2, -0.15) is 5.26 Å². The van der Waals surface area contributed by atoms with Gasteiger partial charge in [-0.3, -0.25) is 9.36 Å². The maximum absolute atomic E-state index is 12.7. The monoisotopic (exact) mass is 464 g/mol. The molecule has 1 aromatic heterocycles. The highest BCUT2D eigenvalue weighted by atomic mass is 32.2. The van der Waals surface area contributed by atoms with Crippen LogP contribution in [0.15, 0.2) is 64.6 Å². The molecule has 0 bridgehead atoms. The van der Waals surface area contributed by atoms with Crippen molar-refractivity contribution >= 4 is 41.1 Å². The van der Waals surface area contributed by atoms with Crippen LogP contribution in [0.1, 0.15) is 19.3 Å². The van der Waals surface area contributed by atoms with Crippen molar-refractivity contribution in [3.05, 3.63) is 54.6 Å². The van der Waals surface area contributed by atoms with E-state index < -0.39 is 0 Å². The second kappa shape index (κ2) is 11.1. The van der Waals surface area contributed by atoms with Crippen molar-refractivity contribution in [2.45, 2.75) is 29.3 Å². The molecule has 0 spiro atoms. The molecule has 1 aliphatic heterocycles. The van der Waals surface area contributed by atoms with E-state index in [4.69, 9.17) is 5.26 Å². The van der Waals surface area contributed by atoms with Crippen LogP contribution in [0.5, 0.6) is 0 Å². The number of piperidine rings is 1. The van der Waals surface area contributed by atoms with Gasteiger partial charge >= 0.3 is 0 Å². The Morgan fingerprint density at radius 1 is 1.00 bits per heavy atom. The molecule has 0 saturated carbocycles. The van der Waals surface area contributed by atoms with Crippen LogP contribution in [0, 0.1) is 11.3 Å². The number of nitrogens with one attached hydrogen (secondary N) is 1. The molecule has 0 unspecified atom stereocenters. The van der Waals surface area contributed by atoms with Crippen LogP contribution >= 0.6 is 23.5 Å². The highest BCUT2D eigenvalue weighted by Crippen LogP contribution is 2.29. The maximum Gasteiger partial charge on any atom is 0.234 e. The molecule has 7 nitrogen and oxygen atoms in total. The molecule has 4 rings (SSSR count). The predicted octanol–water partition coefficient (Wildman–Crippen LogP) is 4.60. The first-order valence-electron chi connectivity index (χ1n) is 10.5. The number of hydrogen-bond acceptors (Lipinski definition) is 7. The Kier molecular flexibility index (Phi) is 7.69. The van der Waals surface area contributed by atoms with Crippen LogP contribution in [-0.4, -0.2) is 45.3 Å². The number of hydrogen-bond donors (Lipinski definition) is 1. The summed E-state index contributed by atoms with van der Waals surface area (Å²) in [7, 11) is 0. The normalized spacial score (nSPS) is 13.5. The molecule has 1 N–H and O–H groups in total. The Morgan fingerprint density at radius 3 is 2.53 bits per heavy atom. The zero-order valence-corrected chi connectivity index (χ0v) is 19.2. The van der Waals surface area contributed by atoms with Gasteiger partial charge in [0.1, 0.15) is 0 Å². The lowest BCUT2D eigenvalue weighted by Gasteiger charge is -2.27. The van der Waals surface area contributed by atoms with E-state index in [1.54, 1.807) is 0 Å². The zero-order chi connectivity index (χ0) is 22.2. The molecule has 32 heavy (non-hydrogen) atoms. The minimum absolute atomic E-state index is 0.123. The molecule has 9 heteroatoms. The molecule has 3 aromatic rings. The Morgan fingerprint density at radius 2 is 1.75 bits per heavy atom. The summed E-state index contributed by atoms with van der Waals surface area (Å²) in [6, 6.07) is 19.7. The summed E-state index contributed by atoms with van der Waals surface area (Å²) in [5, 5.41) is 21.4. The van der Waals surface area contributed by atoms with Crippen LogP contribution in [0.3, 0.4) is 0 Å². The first kappa shape index (κ1) is 22.2. The lowest BCUT2D eigenvalue weighted by molar-refractivity contribution is -0.113. The fourth-order valence-corrected chi connectivity index (χ4v) is 5.00. The molecule has 0 radical (unpaired) electrons. The number of nitrogens with zero attached hydrogens (tertiary/aromatic N) is 5. The van der Waals surface area contributed by atoms with Gasteiger partial charge in [0.05, 0.1) is 28.9 Å². The second-order valence-electron chi connectivity index (χ2n) is 7.28. The van der Waals surface area contributed by atoms with E-state index in [9.17, 15) is 4.79 Å². The third-order valence-electron chi connectivity index (χ3n) is 5.06. The van der Waals surface area contributed by atoms with Crippen molar-refractivity contribution in [3.8, 4) is 11.8 Å². The number of aromatic nitrogens is 3. The van der Waals surface area contributed by atoms with Gasteiger partial charge in [0.25, 0.3) is 0 Å². The molecule has 1 amide bonds. The van der Waals surface area contributed by atoms with Crippen molar-refractivity contribution in [2.75, 3.05) is 34.8 Å². The highest BCUT2D eigenvalue weighted by molar-refractivity contribution is 8.00. The number of rotatable bonds is 8. The smallest absolute Gasteiger partial charge is 0.234 e. The van der Waals surface area contributed by atoms with Crippen LogP contribution in [0.25, 0.3) is 5.69 Å². The maximum atomic E-state index is 12.7. The third kappa shape index (κ3) is 5.44. The zero-order valence-electron chi connectivity index (χ0n) is 17.6. The molecule has 1 saturated heterocycles. The topological polar surface area (TPSA) is 86.8 Å². The minimum atomic E-state index is -0.123. The van der Waals surface area contributed by atoms with Crippen molar-refractivity contribution in [1.29, 1.82) is 5.26 Å². The van der Waals surface area contributed by atoms with Gasteiger partial charge in [-0.05, 0) is 43.5 Å². The number of benzene rings is 2. The van der Waals surface area contributed by atoms with Crippen molar-refractivity contribution < 1.29 is 4.79 Å². The van der Waals surface area contributed by atoms with E-state index in [2.05, 4.69) is 26.5 Å². The van der Waals surface area contributed by atoms with Crippen LogP contribution in [0.4, 0.5) is 11.6 Å². The number of thioether (sulfide) groups is 2. The van der Waals surface area contributed by atoms with E-state index in [0.717, 1.165) is 48.1 Å². The summed E-state index contributed by atoms with van der Waals surface area (Å²) >= 11 is 2.78. The Bertz CT molecular complexity index is 1090. The van der Waals surface area contributed by atoms with Gasteiger partial charge < -0.3 is 10.2 Å². The predicted molar refractivity (Wildman–Crippen MR) is 130 cm³/mol. The average Bonchev–Trinajstić information content (AvgIpc) is 3.27. The standard InChI is InChI=1S/C23H24N6OS2/c24-13-16-31-20-12-6-5-11-19(20)25-21(30)17-32-23-27-26-22(28-14-7-2-8-15-28)29(23)18-9-3-1-4-10-18/h1,3-6,9-12H,2,7-8,14-17H2,(H,25,30). The molecule has 164 valence electrons. The van der Waals surface area contributed by atoms with Crippen LogP contribution in [0.2, 0.25) is 0 Å². The van der Waals surface area contributed by atoms with Gasteiger partial charge in [-0.1, -0.05) is 42.1 Å². The average molecular weight is 465 g/mol. The lowest BCUT2D eigenvalue weighted by atomic mass is 10.1. The Balaban J connectivity index is 1.49. The molecule has 0 atom stereocenters. The summed E-state index contributed by atoms with van der Waals surface area (Å²) in [5.74, 6) is 1.25. The van der Waals surface area contributed by atoms with E-state index >= 15 is 0 Å². The fourth-order valence-electron chi connectivity index (χ4n) is 3.58. The number of para-hydroxylation sites is 2. The summed E-state index contributed by atoms with van der Waals surface area (Å²) in [5.41, 5.74) is 1.70. The molecule has 2 heterocycles. The SMILES string of the molecule is N#CCSc1ccccc1NC(=O)CSc1nnc(N2CCCCC2)n1-c1ccccc1. The minimum Gasteiger partial charge on any atom is -0.341 e. The molecular weight excluding hydrogens is 440 g/mol. The number of carbonyl (C=O) groups excluding carboxylic acids is 1. The number of amides is 1. The summed E-state index contributed by atoms with van der Waals surface area (Å²) in [4.78, 5) is 15.8. The van der Waals surface area contributed by atoms with E-state index in [1.165, 1.54) is 29.9 Å². The summed E-state index contributed by atoms with van der Waals surface area (Å²) in [6.45, 7) is 1.93. The van der Waals surface area contributed by atoms with E-state index in [0.29, 0.717) is 10.9 Å². The lowest BCUT2D eigenvalue weighted by Crippen LogP contribution is -2.31. The number of carbonyl (C=O) groups is 1.